The Hall–Kier alpha value is -1.82. The monoisotopic (exact) mass is 279 g/mol. The molecule has 2 fully saturated rings. The molecule has 0 radical (unpaired) electrons. The van der Waals surface area contributed by atoms with Crippen molar-refractivity contribution in [2.45, 2.75) is 51.5 Å². The number of hydrogen-bond acceptors (Lipinski definition) is 2. The number of rotatable bonds is 3. The minimum absolute atomic E-state index is 0.678. The summed E-state index contributed by atoms with van der Waals surface area (Å²) in [5, 5.41) is 9.08. The average molecular weight is 279 g/mol. The summed E-state index contributed by atoms with van der Waals surface area (Å²) in [6.07, 6.45) is 6.68. The molecule has 0 bridgehead atoms. The largest absolute Gasteiger partial charge is 0.328 e. The zero-order valence-corrected chi connectivity index (χ0v) is 12.5. The highest BCUT2D eigenvalue weighted by molar-refractivity contribution is 5.78. The van der Waals surface area contributed by atoms with Crippen LogP contribution in [0.5, 0.6) is 0 Å². The highest BCUT2D eigenvalue weighted by Crippen LogP contribution is 2.61. The third-order valence-corrected chi connectivity index (χ3v) is 5.31. The Bertz CT molecular complexity index is 710. The Morgan fingerprint density at radius 1 is 1.29 bits per heavy atom. The van der Waals surface area contributed by atoms with Crippen molar-refractivity contribution in [2.75, 3.05) is 0 Å². The molecule has 3 heteroatoms. The van der Waals surface area contributed by atoms with Crippen LogP contribution >= 0.6 is 0 Å². The van der Waals surface area contributed by atoms with Gasteiger partial charge < -0.3 is 4.57 Å². The molecule has 2 unspecified atom stereocenters. The van der Waals surface area contributed by atoms with E-state index in [0.717, 1.165) is 30.3 Å². The molecule has 2 saturated carbocycles. The molecule has 108 valence electrons. The number of fused-ring (bicyclic) bond motifs is 2. The van der Waals surface area contributed by atoms with Crippen molar-refractivity contribution in [3.63, 3.8) is 0 Å². The van der Waals surface area contributed by atoms with Crippen LogP contribution in [0.1, 0.15) is 56.3 Å². The number of aromatic nitrogens is 2. The molecule has 4 rings (SSSR count). The van der Waals surface area contributed by atoms with Crippen LogP contribution in [-0.4, -0.2) is 9.55 Å². The molecule has 1 heterocycles. The Labute approximate surface area is 125 Å². The number of nitrogens with zero attached hydrogens (tertiary/aromatic N) is 3. The molecular formula is C18H21N3. The lowest BCUT2D eigenvalue weighted by atomic mass is 10.0. The van der Waals surface area contributed by atoms with Gasteiger partial charge in [0.2, 0.25) is 0 Å². The first kappa shape index (κ1) is 12.9. The zero-order valence-electron chi connectivity index (χ0n) is 12.5. The minimum atomic E-state index is 0.678. The second kappa shape index (κ2) is 4.87. The summed E-state index contributed by atoms with van der Waals surface area (Å²) in [6.45, 7) is 3.26. The van der Waals surface area contributed by atoms with Crippen LogP contribution in [0, 0.1) is 23.2 Å². The summed E-state index contributed by atoms with van der Waals surface area (Å²) in [5.41, 5.74) is 2.92. The lowest BCUT2D eigenvalue weighted by Gasteiger charge is -2.07. The van der Waals surface area contributed by atoms with Gasteiger partial charge >= 0.3 is 0 Å². The first-order chi connectivity index (χ1) is 10.3. The van der Waals surface area contributed by atoms with Crippen LogP contribution in [0.3, 0.4) is 0 Å². The van der Waals surface area contributed by atoms with Gasteiger partial charge in [-0.15, -0.1) is 0 Å². The van der Waals surface area contributed by atoms with Crippen LogP contribution in [0.15, 0.2) is 18.2 Å². The molecule has 0 amide bonds. The molecule has 2 aromatic rings. The second-order valence-electron chi connectivity index (χ2n) is 6.57. The van der Waals surface area contributed by atoms with Gasteiger partial charge in [0.15, 0.2) is 0 Å². The zero-order chi connectivity index (χ0) is 14.4. The molecule has 0 aliphatic heterocycles. The molecule has 21 heavy (non-hydrogen) atoms. The third kappa shape index (κ3) is 1.97. The van der Waals surface area contributed by atoms with Crippen molar-refractivity contribution in [2.24, 2.45) is 11.8 Å². The van der Waals surface area contributed by atoms with E-state index < -0.39 is 0 Å². The average Bonchev–Trinajstić information content (AvgIpc) is 3.15. The molecule has 0 N–H and O–H groups in total. The number of hydrogen-bond donors (Lipinski definition) is 0. The van der Waals surface area contributed by atoms with Gasteiger partial charge in [0.1, 0.15) is 5.82 Å². The second-order valence-corrected chi connectivity index (χ2v) is 6.57. The van der Waals surface area contributed by atoms with E-state index in [1.54, 1.807) is 0 Å². The minimum Gasteiger partial charge on any atom is -0.328 e. The standard InChI is InChI=1S/C18H21N3/c1-2-9-21-16-8-7-12(11-19)10-15(16)20-18(21)17-13-5-3-4-6-14(13)17/h7-8,10,13-14,17H,2-6,9H2,1H3. The lowest BCUT2D eigenvalue weighted by Crippen LogP contribution is -2.03. The fourth-order valence-corrected chi connectivity index (χ4v) is 4.31. The summed E-state index contributed by atoms with van der Waals surface area (Å²) >= 11 is 0. The predicted molar refractivity (Wildman–Crippen MR) is 82.9 cm³/mol. The summed E-state index contributed by atoms with van der Waals surface area (Å²) in [7, 11) is 0. The summed E-state index contributed by atoms with van der Waals surface area (Å²) in [5.74, 6) is 3.72. The molecule has 1 aromatic heterocycles. The third-order valence-electron chi connectivity index (χ3n) is 5.31. The SMILES string of the molecule is CCCn1c(C2C3CCCCC32)nc2cc(C#N)ccc21. The van der Waals surface area contributed by atoms with Crippen LogP contribution in [-0.2, 0) is 6.54 Å². The number of benzene rings is 1. The van der Waals surface area contributed by atoms with Gasteiger partial charge in [-0.05, 0) is 49.3 Å². The summed E-state index contributed by atoms with van der Waals surface area (Å²) in [4.78, 5) is 4.94. The van der Waals surface area contributed by atoms with Crippen molar-refractivity contribution >= 4 is 11.0 Å². The Balaban J connectivity index is 1.80. The van der Waals surface area contributed by atoms with Crippen molar-refractivity contribution < 1.29 is 0 Å². The maximum absolute atomic E-state index is 9.08. The fraction of sp³-hybridized carbons (Fsp3) is 0.556. The predicted octanol–water partition coefficient (Wildman–Crippen LogP) is 4.22. The smallest absolute Gasteiger partial charge is 0.113 e. The van der Waals surface area contributed by atoms with Gasteiger partial charge in [-0.1, -0.05) is 19.8 Å². The normalized spacial score (nSPS) is 27.3. The van der Waals surface area contributed by atoms with Crippen LogP contribution in [0.4, 0.5) is 0 Å². The Kier molecular flexibility index (Phi) is 2.99. The first-order valence-corrected chi connectivity index (χ1v) is 8.23. The Morgan fingerprint density at radius 2 is 2.05 bits per heavy atom. The highest BCUT2D eigenvalue weighted by Gasteiger charge is 2.53. The van der Waals surface area contributed by atoms with Crippen molar-refractivity contribution in [1.29, 1.82) is 5.26 Å². The van der Waals surface area contributed by atoms with Crippen LogP contribution < -0.4 is 0 Å². The fourth-order valence-electron chi connectivity index (χ4n) is 4.31. The Morgan fingerprint density at radius 3 is 2.71 bits per heavy atom. The van der Waals surface area contributed by atoms with Gasteiger partial charge in [-0.2, -0.15) is 5.26 Å². The quantitative estimate of drug-likeness (QED) is 0.844. The summed E-state index contributed by atoms with van der Waals surface area (Å²) in [6, 6.07) is 8.16. The van der Waals surface area contributed by atoms with Crippen LogP contribution in [0.2, 0.25) is 0 Å². The van der Waals surface area contributed by atoms with Gasteiger partial charge in [0.25, 0.3) is 0 Å². The molecule has 2 atom stereocenters. The summed E-state index contributed by atoms with van der Waals surface area (Å²) < 4.78 is 2.42. The van der Waals surface area contributed by atoms with Gasteiger partial charge in [0.05, 0.1) is 22.7 Å². The van der Waals surface area contributed by atoms with E-state index in [1.807, 2.05) is 12.1 Å². The van der Waals surface area contributed by atoms with Crippen LogP contribution in [0.25, 0.3) is 11.0 Å². The molecule has 0 saturated heterocycles. The van der Waals surface area contributed by atoms with E-state index in [-0.39, 0.29) is 0 Å². The molecule has 3 nitrogen and oxygen atoms in total. The van der Waals surface area contributed by atoms with E-state index in [1.165, 1.54) is 37.0 Å². The molecule has 1 aromatic carbocycles. The van der Waals surface area contributed by atoms with E-state index in [4.69, 9.17) is 10.2 Å². The molecule has 2 aliphatic rings. The van der Waals surface area contributed by atoms with Crippen molar-refractivity contribution in [3.05, 3.63) is 29.6 Å². The molecular weight excluding hydrogens is 258 g/mol. The van der Waals surface area contributed by atoms with Crippen molar-refractivity contribution in [3.8, 4) is 6.07 Å². The number of nitriles is 1. The number of aryl methyl sites for hydroxylation is 1. The van der Waals surface area contributed by atoms with E-state index >= 15 is 0 Å². The van der Waals surface area contributed by atoms with E-state index in [9.17, 15) is 0 Å². The topological polar surface area (TPSA) is 41.6 Å². The maximum Gasteiger partial charge on any atom is 0.113 e. The van der Waals surface area contributed by atoms with Gasteiger partial charge in [-0.25, -0.2) is 4.98 Å². The van der Waals surface area contributed by atoms with Gasteiger partial charge in [0, 0.05) is 12.5 Å². The van der Waals surface area contributed by atoms with E-state index in [2.05, 4.69) is 23.6 Å². The first-order valence-electron chi connectivity index (χ1n) is 8.23. The molecule has 2 aliphatic carbocycles. The lowest BCUT2D eigenvalue weighted by molar-refractivity contribution is 0.480. The highest BCUT2D eigenvalue weighted by atomic mass is 15.1. The number of imidazole rings is 1. The van der Waals surface area contributed by atoms with E-state index in [0.29, 0.717) is 11.5 Å². The van der Waals surface area contributed by atoms with Crippen molar-refractivity contribution in [1.82, 2.24) is 9.55 Å². The molecule has 0 spiro atoms. The maximum atomic E-state index is 9.08. The van der Waals surface area contributed by atoms with Gasteiger partial charge in [-0.3, -0.25) is 0 Å².